The second kappa shape index (κ2) is 25.6. The molecule has 2 aliphatic rings. The van der Waals surface area contributed by atoms with Crippen LogP contribution in [0.4, 0.5) is 0 Å². The van der Waals surface area contributed by atoms with Crippen molar-refractivity contribution in [3.05, 3.63) is 98.1 Å². The Morgan fingerprint density at radius 2 is 0.642 bits per heavy atom. The zero-order valence-corrected chi connectivity index (χ0v) is 34.4. The number of hydrogen-bond acceptors (Lipinski definition) is 14. The van der Waals surface area contributed by atoms with Crippen LogP contribution in [-0.4, -0.2) is 103 Å². The molecule has 0 aliphatic carbocycles. The number of thiophene rings is 2. The van der Waals surface area contributed by atoms with E-state index in [-0.39, 0.29) is 17.1 Å². The molecule has 12 nitrogen and oxygen atoms in total. The van der Waals surface area contributed by atoms with E-state index in [1.54, 1.807) is 82.2 Å². The largest absolute Gasteiger partial charge is 2.00 e. The van der Waals surface area contributed by atoms with Crippen molar-refractivity contribution in [2.45, 2.75) is 0 Å². The van der Waals surface area contributed by atoms with Gasteiger partial charge in [0.15, 0.2) is 23.0 Å². The summed E-state index contributed by atoms with van der Waals surface area (Å²) in [4.78, 5) is 23.9. The smallest absolute Gasteiger partial charge is 0.485 e. The average molecular weight is 923 g/mol. The van der Waals surface area contributed by atoms with Gasteiger partial charge in [-0.1, -0.05) is 0 Å². The Kier molecular flexibility index (Phi) is 21.7. The third-order valence-electron chi connectivity index (χ3n) is 6.57. The molecule has 2 N–H and O–H groups in total. The third-order valence-corrected chi connectivity index (χ3v) is 9.07. The van der Waals surface area contributed by atoms with E-state index in [2.05, 4.69) is 52.0 Å². The molecule has 8 heterocycles. The summed E-state index contributed by atoms with van der Waals surface area (Å²) in [5.74, 6) is 3.35. The summed E-state index contributed by atoms with van der Waals surface area (Å²) in [5.41, 5.74) is 4.38. The van der Waals surface area contributed by atoms with Crippen molar-refractivity contribution in [2.24, 2.45) is 0 Å². The van der Waals surface area contributed by atoms with Gasteiger partial charge in [0, 0.05) is 63.8 Å². The topological polar surface area (TPSA) is 177 Å². The minimum atomic E-state index is 0. The van der Waals surface area contributed by atoms with Crippen molar-refractivity contribution in [1.82, 2.24) is 19.9 Å². The van der Waals surface area contributed by atoms with E-state index in [9.17, 15) is 0 Å². The normalized spacial score (nSPS) is 10.9. The number of rotatable bonds is 4. The Bertz CT molecular complexity index is 1730. The van der Waals surface area contributed by atoms with Crippen LogP contribution in [0.2, 0.25) is 0 Å². The second-order valence-electron chi connectivity index (χ2n) is 9.36. The first kappa shape index (κ1) is 44.8. The Hall–Kier alpha value is -4.34. The fraction of sp³-hybridized carbons (Fsp3) is 0.167. The number of aliphatic hydroxyl groups excluding tert-OH is 2. The molecule has 0 saturated carbocycles. The van der Waals surface area contributed by atoms with Crippen LogP contribution >= 0.6 is 22.7 Å². The van der Waals surface area contributed by atoms with Crippen LogP contribution in [0.1, 0.15) is 0 Å². The number of ether oxygens (including phenoxy) is 4. The Morgan fingerprint density at radius 1 is 0.472 bits per heavy atom. The van der Waals surface area contributed by atoms with Gasteiger partial charge in [-0.25, -0.2) is 0 Å². The maximum Gasteiger partial charge on any atom is 2.00 e. The molecule has 0 aromatic carbocycles. The first-order valence-electron chi connectivity index (χ1n) is 15.1. The van der Waals surface area contributed by atoms with Gasteiger partial charge in [-0.15, -0.1) is 22.7 Å². The molecular formula is C36H32FeN6O6S2Se2. The van der Waals surface area contributed by atoms with Crippen LogP contribution in [-0.2, 0) is 17.1 Å². The van der Waals surface area contributed by atoms with Crippen molar-refractivity contribution >= 4 is 54.7 Å². The van der Waals surface area contributed by atoms with E-state index in [4.69, 9.17) is 39.7 Å². The summed E-state index contributed by atoms with van der Waals surface area (Å²) in [5, 5.41) is 28.5. The maximum absolute atomic E-state index is 7.26. The number of nitrogens with zero attached hydrogens (tertiary/aromatic N) is 6. The molecule has 0 bridgehead atoms. The van der Waals surface area contributed by atoms with Crippen molar-refractivity contribution in [1.29, 1.82) is 10.5 Å². The van der Waals surface area contributed by atoms with E-state index in [1.165, 1.54) is 0 Å². The molecule has 0 amide bonds. The molecule has 0 spiro atoms. The number of aliphatic hydroxyl groups is 2. The van der Waals surface area contributed by atoms with Gasteiger partial charge >= 0.3 is 69.6 Å². The average Bonchev–Trinajstić information content (AvgIpc) is 3.82. The molecule has 2 aliphatic heterocycles. The van der Waals surface area contributed by atoms with E-state index < -0.39 is 0 Å². The molecule has 0 unspecified atom stereocenters. The maximum atomic E-state index is 7.26. The van der Waals surface area contributed by atoms with E-state index in [0.29, 0.717) is 26.4 Å². The standard InChI is InChI=1S/2C16H12N2O2S.2CHNSe.2CH4O.Fe/c2*1-5-17-6-2-11(1)15-13-14(20-10-9-19-13)16(21-15)12-3-7-18-8-4-12;2*2-1-3;2*1-2;/h2*1-8H,9-10H2;2*3H;2*2H,1H3;/q;;;;;;+2/p-2. The number of fused-ring (bicyclic) bond motifs is 2. The van der Waals surface area contributed by atoms with Crippen LogP contribution in [0.3, 0.4) is 0 Å². The molecule has 6 aromatic heterocycles. The van der Waals surface area contributed by atoms with Crippen molar-refractivity contribution in [3.8, 4) is 74.7 Å². The molecule has 0 radical (unpaired) electrons. The Balaban J connectivity index is 0.000000291. The first-order chi connectivity index (χ1) is 25.7. The number of pyridine rings is 4. The fourth-order valence-corrected chi connectivity index (χ4v) is 7.08. The van der Waals surface area contributed by atoms with Crippen LogP contribution in [0, 0.1) is 20.5 Å². The van der Waals surface area contributed by atoms with Crippen molar-refractivity contribution in [2.75, 3.05) is 40.6 Å². The van der Waals surface area contributed by atoms with Crippen LogP contribution < -0.4 is 18.9 Å². The summed E-state index contributed by atoms with van der Waals surface area (Å²) in [6, 6.07) is 15.9. The molecule has 0 saturated heterocycles. The number of nitriles is 2. The van der Waals surface area contributed by atoms with Gasteiger partial charge in [-0.2, -0.15) is 0 Å². The van der Waals surface area contributed by atoms with Gasteiger partial charge in [-0.3, -0.25) is 19.9 Å². The minimum Gasteiger partial charge on any atom is -0.485 e. The predicted molar refractivity (Wildman–Crippen MR) is 203 cm³/mol. The zero-order valence-electron chi connectivity index (χ0n) is 28.3. The van der Waals surface area contributed by atoms with Crippen molar-refractivity contribution < 1.29 is 46.2 Å². The van der Waals surface area contributed by atoms with E-state index in [1.807, 2.05) is 48.5 Å². The number of hydrogen-bond donors (Lipinski definition) is 2. The van der Waals surface area contributed by atoms with Crippen LogP contribution in [0.25, 0.3) is 41.8 Å². The third kappa shape index (κ3) is 12.4. The predicted octanol–water partition coefficient (Wildman–Crippen LogP) is 5.77. The van der Waals surface area contributed by atoms with Crippen LogP contribution in [0.5, 0.6) is 23.0 Å². The summed E-state index contributed by atoms with van der Waals surface area (Å²) in [7, 11) is 2.00. The Morgan fingerprint density at radius 3 is 0.811 bits per heavy atom. The summed E-state index contributed by atoms with van der Waals surface area (Å²) >= 11 is 7.57. The van der Waals surface area contributed by atoms with Crippen molar-refractivity contribution in [3.63, 3.8) is 0 Å². The van der Waals surface area contributed by atoms with E-state index >= 15 is 0 Å². The molecule has 6 aromatic rings. The second-order valence-corrected chi connectivity index (χ2v) is 12.2. The van der Waals surface area contributed by atoms with Gasteiger partial charge in [0.2, 0.25) is 0 Å². The van der Waals surface area contributed by atoms with Gasteiger partial charge in [-0.05, 0) is 70.8 Å². The molecule has 274 valence electrons. The zero-order chi connectivity index (χ0) is 37.6. The van der Waals surface area contributed by atoms with Gasteiger partial charge < -0.3 is 29.2 Å². The molecule has 17 heteroatoms. The number of aromatic nitrogens is 4. The van der Waals surface area contributed by atoms with Gasteiger partial charge in [0.1, 0.15) is 26.4 Å². The fourth-order valence-electron chi connectivity index (χ4n) is 4.67. The minimum absolute atomic E-state index is 0. The Labute approximate surface area is 342 Å². The molecule has 53 heavy (non-hydrogen) atoms. The molecular weight excluding hydrogens is 890 g/mol. The van der Waals surface area contributed by atoms with Gasteiger partial charge in [0.05, 0.1) is 19.5 Å². The monoisotopic (exact) mass is 924 g/mol. The quantitative estimate of drug-likeness (QED) is 0.205. The van der Waals surface area contributed by atoms with Gasteiger partial charge in [0.25, 0.3) is 0 Å². The SMILES string of the molecule is CO.CO.N#C[Se-].N#C[Se-].[Fe+2].c1cc(-c2sc(-c3ccncc3)c3c2OCCO3)ccn1.c1cc(-c2sc(-c3ccncc3)c3c2OCCO3)ccn1. The summed E-state index contributed by atoms with van der Waals surface area (Å²) in [6.45, 7) is 2.32. The first-order valence-corrected chi connectivity index (χ1v) is 18.4. The summed E-state index contributed by atoms with van der Waals surface area (Å²) in [6.07, 6.45) is 14.3. The molecule has 0 fully saturated rings. The van der Waals surface area contributed by atoms with Crippen LogP contribution in [0.15, 0.2) is 98.1 Å². The molecule has 0 atom stereocenters. The molecule has 8 rings (SSSR count). The van der Waals surface area contributed by atoms with E-state index in [0.717, 1.165) is 79.0 Å². The summed E-state index contributed by atoms with van der Waals surface area (Å²) < 4.78 is 23.4.